The van der Waals surface area contributed by atoms with Crippen molar-refractivity contribution in [3.8, 4) is 0 Å². The predicted octanol–water partition coefficient (Wildman–Crippen LogP) is 0.950. The van der Waals surface area contributed by atoms with E-state index in [1.54, 1.807) is 4.90 Å². The van der Waals surface area contributed by atoms with E-state index in [1.165, 1.54) is 24.3 Å². The first-order chi connectivity index (χ1) is 6.74. The quantitative estimate of drug-likeness (QED) is 0.759. The van der Waals surface area contributed by atoms with Gasteiger partial charge in [-0.3, -0.25) is 4.79 Å². The molecule has 4 heteroatoms. The molecule has 0 aromatic rings. The molecule has 0 aromatic heterocycles. The minimum Gasteiger partial charge on any atom is -0.345 e. The average molecular weight is 216 g/mol. The van der Waals surface area contributed by atoms with Crippen molar-refractivity contribution >= 4 is 17.7 Å². The van der Waals surface area contributed by atoms with Crippen LogP contribution >= 0.6 is 11.8 Å². The molecule has 0 aromatic carbocycles. The molecule has 1 amide bonds. The number of amides is 1. The van der Waals surface area contributed by atoms with Gasteiger partial charge in [0.2, 0.25) is 5.91 Å². The third kappa shape index (κ3) is 3.88. The zero-order valence-corrected chi connectivity index (χ0v) is 9.90. The van der Waals surface area contributed by atoms with Gasteiger partial charge in [0.25, 0.3) is 0 Å². The van der Waals surface area contributed by atoms with Crippen molar-refractivity contribution in [2.45, 2.75) is 25.8 Å². The molecule has 14 heavy (non-hydrogen) atoms. The molecule has 0 bridgehead atoms. The van der Waals surface area contributed by atoms with Gasteiger partial charge in [-0.05, 0) is 31.3 Å². The molecule has 1 rings (SSSR count). The first-order valence-electron chi connectivity index (χ1n) is 5.29. The largest absolute Gasteiger partial charge is 0.345 e. The van der Waals surface area contributed by atoms with E-state index in [2.05, 4.69) is 5.32 Å². The van der Waals surface area contributed by atoms with Crippen molar-refractivity contribution in [3.63, 3.8) is 0 Å². The molecule has 1 saturated heterocycles. The molecule has 1 aliphatic rings. The summed E-state index contributed by atoms with van der Waals surface area (Å²) in [6.45, 7) is 3.29. The summed E-state index contributed by atoms with van der Waals surface area (Å²) in [6.07, 6.45) is 2.40. The maximum absolute atomic E-state index is 11.5. The smallest absolute Gasteiger partial charge is 0.236 e. The van der Waals surface area contributed by atoms with Crippen LogP contribution in [-0.4, -0.2) is 48.5 Å². The second-order valence-corrected chi connectivity index (χ2v) is 4.90. The predicted molar refractivity (Wildman–Crippen MR) is 61.7 cm³/mol. The van der Waals surface area contributed by atoms with Gasteiger partial charge < -0.3 is 10.2 Å². The minimum absolute atomic E-state index is 0.200. The Morgan fingerprint density at radius 3 is 2.71 bits per heavy atom. The number of nitrogens with one attached hydrogen (secondary N) is 1. The second-order valence-electron chi connectivity index (χ2n) is 3.68. The number of likely N-dealkylation sites (N-methyl/N-ethyl adjacent to an activating group) is 1. The lowest BCUT2D eigenvalue weighted by Crippen LogP contribution is -2.41. The highest BCUT2D eigenvalue weighted by molar-refractivity contribution is 7.99. The van der Waals surface area contributed by atoms with E-state index in [4.69, 9.17) is 0 Å². The standard InChI is InChI=1S/C10H20N2OS/c1-3-12(2)10(13)8-11-9-4-6-14-7-5-9/h9,11H,3-8H2,1-2H3. The van der Waals surface area contributed by atoms with E-state index in [0.717, 1.165) is 6.54 Å². The van der Waals surface area contributed by atoms with Crippen molar-refractivity contribution in [1.82, 2.24) is 10.2 Å². The van der Waals surface area contributed by atoms with Crippen LogP contribution in [0.15, 0.2) is 0 Å². The molecule has 1 aliphatic heterocycles. The number of carbonyl (C=O) groups is 1. The first kappa shape index (κ1) is 11.9. The lowest BCUT2D eigenvalue weighted by atomic mass is 10.1. The normalized spacial score (nSPS) is 18.1. The van der Waals surface area contributed by atoms with Crippen LogP contribution in [0.4, 0.5) is 0 Å². The molecule has 1 fully saturated rings. The molecule has 0 atom stereocenters. The number of thioether (sulfide) groups is 1. The number of rotatable bonds is 4. The summed E-state index contributed by atoms with van der Waals surface area (Å²) in [5, 5.41) is 3.33. The molecule has 0 saturated carbocycles. The van der Waals surface area contributed by atoms with Gasteiger partial charge in [0.15, 0.2) is 0 Å². The summed E-state index contributed by atoms with van der Waals surface area (Å²) in [7, 11) is 1.85. The first-order valence-corrected chi connectivity index (χ1v) is 6.44. The molecule has 0 unspecified atom stereocenters. The van der Waals surface area contributed by atoms with Crippen LogP contribution in [0, 0.1) is 0 Å². The Morgan fingerprint density at radius 1 is 1.50 bits per heavy atom. The highest BCUT2D eigenvalue weighted by atomic mass is 32.2. The monoisotopic (exact) mass is 216 g/mol. The molecule has 0 radical (unpaired) electrons. The van der Waals surface area contributed by atoms with Crippen LogP contribution in [0.2, 0.25) is 0 Å². The summed E-state index contributed by atoms with van der Waals surface area (Å²) >= 11 is 2.01. The SMILES string of the molecule is CCN(C)C(=O)CNC1CCSCC1. The van der Waals surface area contributed by atoms with Crippen molar-refractivity contribution < 1.29 is 4.79 Å². The Hall–Kier alpha value is -0.220. The van der Waals surface area contributed by atoms with Gasteiger partial charge in [-0.15, -0.1) is 0 Å². The van der Waals surface area contributed by atoms with Gasteiger partial charge in [0.1, 0.15) is 0 Å². The Labute approximate surface area is 90.6 Å². The Bertz CT molecular complexity index is 181. The van der Waals surface area contributed by atoms with Gasteiger partial charge in [0.05, 0.1) is 6.54 Å². The maximum Gasteiger partial charge on any atom is 0.236 e. The van der Waals surface area contributed by atoms with Crippen LogP contribution in [0.25, 0.3) is 0 Å². The Kier molecular flexibility index (Phi) is 5.33. The van der Waals surface area contributed by atoms with Crippen LogP contribution in [-0.2, 0) is 4.79 Å². The fraction of sp³-hybridized carbons (Fsp3) is 0.900. The fourth-order valence-corrected chi connectivity index (χ4v) is 2.55. The molecule has 1 N–H and O–H groups in total. The topological polar surface area (TPSA) is 32.3 Å². The number of carbonyl (C=O) groups excluding carboxylic acids is 1. The second kappa shape index (κ2) is 6.30. The maximum atomic E-state index is 11.5. The Balaban J connectivity index is 2.15. The molecular weight excluding hydrogens is 196 g/mol. The fourth-order valence-electron chi connectivity index (χ4n) is 1.44. The highest BCUT2D eigenvalue weighted by Gasteiger charge is 2.14. The van der Waals surface area contributed by atoms with E-state index in [9.17, 15) is 4.79 Å². The molecule has 82 valence electrons. The number of nitrogens with zero attached hydrogens (tertiary/aromatic N) is 1. The lowest BCUT2D eigenvalue weighted by molar-refractivity contribution is -0.128. The summed E-state index contributed by atoms with van der Waals surface area (Å²) in [6, 6.07) is 0.561. The molecule has 3 nitrogen and oxygen atoms in total. The van der Waals surface area contributed by atoms with E-state index in [0.29, 0.717) is 12.6 Å². The molecule has 0 aliphatic carbocycles. The summed E-state index contributed by atoms with van der Waals surface area (Å²) in [5.74, 6) is 2.66. The average Bonchev–Trinajstić information content (AvgIpc) is 2.26. The third-order valence-corrected chi connectivity index (χ3v) is 3.71. The molecule has 1 heterocycles. The van der Waals surface area contributed by atoms with E-state index >= 15 is 0 Å². The van der Waals surface area contributed by atoms with Crippen molar-refractivity contribution in [3.05, 3.63) is 0 Å². The van der Waals surface area contributed by atoms with Gasteiger partial charge in [0, 0.05) is 19.6 Å². The van der Waals surface area contributed by atoms with E-state index in [-0.39, 0.29) is 5.91 Å². The highest BCUT2D eigenvalue weighted by Crippen LogP contribution is 2.16. The summed E-state index contributed by atoms with van der Waals surface area (Å²) in [4.78, 5) is 13.2. The lowest BCUT2D eigenvalue weighted by Gasteiger charge is -2.23. The number of hydrogen-bond donors (Lipinski definition) is 1. The van der Waals surface area contributed by atoms with Crippen molar-refractivity contribution in [2.24, 2.45) is 0 Å². The Morgan fingerprint density at radius 2 is 2.14 bits per heavy atom. The van der Waals surface area contributed by atoms with E-state index in [1.807, 2.05) is 25.7 Å². The van der Waals surface area contributed by atoms with Crippen LogP contribution in [0.1, 0.15) is 19.8 Å². The van der Waals surface area contributed by atoms with Crippen LogP contribution < -0.4 is 5.32 Å². The van der Waals surface area contributed by atoms with Gasteiger partial charge in [-0.25, -0.2) is 0 Å². The van der Waals surface area contributed by atoms with Gasteiger partial charge in [-0.2, -0.15) is 11.8 Å². The molecule has 0 spiro atoms. The van der Waals surface area contributed by atoms with Crippen LogP contribution in [0.5, 0.6) is 0 Å². The van der Waals surface area contributed by atoms with E-state index < -0.39 is 0 Å². The van der Waals surface area contributed by atoms with Gasteiger partial charge in [-0.1, -0.05) is 0 Å². The minimum atomic E-state index is 0.200. The molecular formula is C10H20N2OS. The summed E-state index contributed by atoms with van der Waals surface area (Å²) in [5.41, 5.74) is 0. The summed E-state index contributed by atoms with van der Waals surface area (Å²) < 4.78 is 0. The van der Waals surface area contributed by atoms with Crippen LogP contribution in [0.3, 0.4) is 0 Å². The van der Waals surface area contributed by atoms with Crippen molar-refractivity contribution in [1.29, 1.82) is 0 Å². The third-order valence-electron chi connectivity index (χ3n) is 2.66. The zero-order chi connectivity index (χ0) is 10.4. The van der Waals surface area contributed by atoms with Crippen molar-refractivity contribution in [2.75, 3.05) is 31.6 Å². The zero-order valence-electron chi connectivity index (χ0n) is 9.08. The van der Waals surface area contributed by atoms with Gasteiger partial charge >= 0.3 is 0 Å². The number of hydrogen-bond acceptors (Lipinski definition) is 3.